The Kier molecular flexibility index (Phi) is 15.8. The molecule has 0 saturated heterocycles. The SMILES string of the molecule is CC(C)(C)OC(=O)[C@@H](N)CCC(=O)O.COC(=O)[C@@H](N)CC(C)C.Cl. The first-order valence-corrected chi connectivity index (χ1v) is 7.83. The zero-order valence-electron chi connectivity index (χ0n) is 15.9. The first kappa shape index (κ1) is 28.4. The van der Waals surface area contributed by atoms with Crippen LogP contribution in [0.5, 0.6) is 0 Å². The molecular weight excluding hydrogens is 352 g/mol. The Bertz CT molecular complexity index is 410. The predicted molar refractivity (Wildman–Crippen MR) is 97.4 cm³/mol. The van der Waals surface area contributed by atoms with E-state index in [2.05, 4.69) is 4.74 Å². The van der Waals surface area contributed by atoms with Crippen LogP contribution in [0, 0.1) is 5.92 Å². The molecule has 0 rings (SSSR count). The van der Waals surface area contributed by atoms with Crippen molar-refractivity contribution in [2.45, 2.75) is 71.6 Å². The van der Waals surface area contributed by atoms with Crippen molar-refractivity contribution in [1.29, 1.82) is 0 Å². The van der Waals surface area contributed by atoms with E-state index in [0.29, 0.717) is 12.3 Å². The molecule has 0 unspecified atom stereocenters. The van der Waals surface area contributed by atoms with Crippen LogP contribution in [0.15, 0.2) is 0 Å². The van der Waals surface area contributed by atoms with Crippen molar-refractivity contribution >= 4 is 30.3 Å². The lowest BCUT2D eigenvalue weighted by Gasteiger charge is -2.21. The highest BCUT2D eigenvalue weighted by Gasteiger charge is 2.22. The van der Waals surface area contributed by atoms with Crippen molar-refractivity contribution in [2.24, 2.45) is 17.4 Å². The quantitative estimate of drug-likeness (QED) is 0.560. The standard InChI is InChI=1S/C9H17NO4.C7H15NO2.ClH/c1-9(2,3)14-8(13)6(10)4-5-7(11)12;1-5(2)4-6(8)7(9)10-3;/h6H,4-5,10H2,1-3H3,(H,11,12);5-6H,4,8H2,1-3H3;1H/t2*6-;/m00./s1. The molecule has 0 aromatic carbocycles. The number of rotatable bonds is 7. The van der Waals surface area contributed by atoms with Gasteiger partial charge in [0.25, 0.3) is 0 Å². The number of methoxy groups -OCH3 is 1. The van der Waals surface area contributed by atoms with E-state index in [9.17, 15) is 14.4 Å². The summed E-state index contributed by atoms with van der Waals surface area (Å²) in [6.07, 6.45) is 0.664. The van der Waals surface area contributed by atoms with Crippen LogP contribution >= 0.6 is 12.4 Å². The van der Waals surface area contributed by atoms with Gasteiger partial charge in [0.1, 0.15) is 17.7 Å². The lowest BCUT2D eigenvalue weighted by atomic mass is 10.1. The monoisotopic (exact) mass is 384 g/mol. The van der Waals surface area contributed by atoms with Gasteiger partial charge in [-0.05, 0) is 39.5 Å². The lowest BCUT2D eigenvalue weighted by molar-refractivity contribution is -0.156. The highest BCUT2D eigenvalue weighted by Crippen LogP contribution is 2.09. The Morgan fingerprint density at radius 3 is 1.84 bits per heavy atom. The summed E-state index contributed by atoms with van der Waals surface area (Å²) in [6.45, 7) is 9.23. The Hall–Kier alpha value is -1.38. The van der Waals surface area contributed by atoms with Crippen molar-refractivity contribution < 1.29 is 29.0 Å². The van der Waals surface area contributed by atoms with Gasteiger partial charge in [-0.3, -0.25) is 14.4 Å². The first-order chi connectivity index (χ1) is 10.8. The molecule has 0 aliphatic rings. The van der Waals surface area contributed by atoms with Crippen LogP contribution < -0.4 is 11.5 Å². The third-order valence-electron chi connectivity index (χ3n) is 2.61. The number of carbonyl (C=O) groups is 3. The summed E-state index contributed by atoms with van der Waals surface area (Å²) in [5, 5.41) is 8.37. The summed E-state index contributed by atoms with van der Waals surface area (Å²) >= 11 is 0. The number of hydrogen-bond donors (Lipinski definition) is 3. The van der Waals surface area contributed by atoms with Gasteiger partial charge in [0.2, 0.25) is 0 Å². The minimum absolute atomic E-state index is 0. The van der Waals surface area contributed by atoms with Gasteiger partial charge < -0.3 is 26.0 Å². The van der Waals surface area contributed by atoms with Crippen LogP contribution in [0.1, 0.15) is 53.9 Å². The highest BCUT2D eigenvalue weighted by molar-refractivity contribution is 5.85. The van der Waals surface area contributed by atoms with Crippen molar-refractivity contribution in [3.05, 3.63) is 0 Å². The molecule has 0 aromatic rings. The first-order valence-electron chi connectivity index (χ1n) is 7.83. The smallest absolute Gasteiger partial charge is 0.323 e. The molecule has 0 aromatic heterocycles. The number of carboxylic acid groups (broad SMARTS) is 1. The molecule has 0 amide bonds. The number of carboxylic acids is 1. The van der Waals surface area contributed by atoms with E-state index >= 15 is 0 Å². The molecule has 0 fully saturated rings. The van der Waals surface area contributed by atoms with Crippen molar-refractivity contribution in [2.75, 3.05) is 7.11 Å². The van der Waals surface area contributed by atoms with Gasteiger partial charge in [0, 0.05) is 6.42 Å². The fourth-order valence-electron chi connectivity index (χ4n) is 1.53. The Morgan fingerprint density at radius 1 is 1.04 bits per heavy atom. The summed E-state index contributed by atoms with van der Waals surface area (Å²) in [5.41, 5.74) is 10.3. The second-order valence-corrected chi connectivity index (χ2v) is 6.83. The zero-order valence-corrected chi connectivity index (χ0v) is 16.7. The van der Waals surface area contributed by atoms with E-state index in [1.165, 1.54) is 7.11 Å². The van der Waals surface area contributed by atoms with Crippen LogP contribution in [-0.2, 0) is 23.9 Å². The second-order valence-electron chi connectivity index (χ2n) is 6.83. The van der Waals surface area contributed by atoms with Gasteiger partial charge in [-0.1, -0.05) is 13.8 Å². The molecule has 5 N–H and O–H groups in total. The van der Waals surface area contributed by atoms with Crippen molar-refractivity contribution in [1.82, 2.24) is 0 Å². The normalized spacial score (nSPS) is 12.8. The maximum absolute atomic E-state index is 11.2. The van der Waals surface area contributed by atoms with Gasteiger partial charge in [0.15, 0.2) is 0 Å². The van der Waals surface area contributed by atoms with Gasteiger partial charge in [-0.25, -0.2) is 0 Å². The largest absolute Gasteiger partial charge is 0.481 e. The average Bonchev–Trinajstić information content (AvgIpc) is 2.41. The van der Waals surface area contributed by atoms with Crippen LogP contribution in [0.2, 0.25) is 0 Å². The summed E-state index contributed by atoms with van der Waals surface area (Å²) in [7, 11) is 1.35. The van der Waals surface area contributed by atoms with Gasteiger partial charge in [-0.2, -0.15) is 0 Å². The Morgan fingerprint density at radius 2 is 1.52 bits per heavy atom. The fourth-order valence-corrected chi connectivity index (χ4v) is 1.53. The fraction of sp³-hybridized carbons (Fsp3) is 0.812. The molecule has 0 aliphatic carbocycles. The number of ether oxygens (including phenoxy) is 2. The van der Waals surface area contributed by atoms with E-state index in [1.54, 1.807) is 20.8 Å². The highest BCUT2D eigenvalue weighted by atomic mass is 35.5. The molecule has 0 heterocycles. The number of aliphatic carboxylic acids is 1. The van der Waals surface area contributed by atoms with E-state index in [1.807, 2.05) is 13.8 Å². The van der Waals surface area contributed by atoms with Gasteiger partial charge in [0.05, 0.1) is 7.11 Å². The molecule has 150 valence electrons. The molecular formula is C16H33ClN2O6. The molecule has 25 heavy (non-hydrogen) atoms. The molecule has 2 atom stereocenters. The number of esters is 2. The lowest BCUT2D eigenvalue weighted by Crippen LogP contribution is -2.37. The number of carbonyl (C=O) groups excluding carboxylic acids is 2. The third kappa shape index (κ3) is 18.8. The maximum atomic E-state index is 11.2. The van der Waals surface area contributed by atoms with E-state index in [0.717, 1.165) is 0 Å². The van der Waals surface area contributed by atoms with E-state index < -0.39 is 29.6 Å². The number of hydrogen-bond acceptors (Lipinski definition) is 7. The second kappa shape index (κ2) is 13.9. The minimum Gasteiger partial charge on any atom is -0.481 e. The summed E-state index contributed by atoms with van der Waals surface area (Å²) in [6, 6.07) is -1.31. The van der Waals surface area contributed by atoms with Crippen LogP contribution in [0.25, 0.3) is 0 Å². The zero-order chi connectivity index (χ0) is 19.5. The molecule has 0 radical (unpaired) electrons. The van der Waals surface area contributed by atoms with Gasteiger partial charge >= 0.3 is 17.9 Å². The van der Waals surface area contributed by atoms with E-state index in [4.69, 9.17) is 21.3 Å². The predicted octanol–water partition coefficient (Wildman–Crippen LogP) is 1.47. The van der Waals surface area contributed by atoms with Crippen molar-refractivity contribution in [3.63, 3.8) is 0 Å². The Balaban J connectivity index is -0.000000392. The number of nitrogens with two attached hydrogens (primary N) is 2. The van der Waals surface area contributed by atoms with Crippen LogP contribution in [0.4, 0.5) is 0 Å². The molecule has 0 aliphatic heterocycles. The average molecular weight is 385 g/mol. The summed E-state index contributed by atoms with van der Waals surface area (Å²) in [5.74, 6) is -1.41. The third-order valence-corrected chi connectivity index (χ3v) is 2.61. The van der Waals surface area contributed by atoms with Crippen LogP contribution in [-0.4, -0.2) is 47.8 Å². The van der Waals surface area contributed by atoms with Gasteiger partial charge in [-0.15, -0.1) is 12.4 Å². The molecule has 0 saturated carbocycles. The maximum Gasteiger partial charge on any atom is 0.323 e. The molecule has 0 bridgehead atoms. The molecule has 0 spiro atoms. The molecule has 9 heteroatoms. The number of halogens is 1. The van der Waals surface area contributed by atoms with Crippen molar-refractivity contribution in [3.8, 4) is 0 Å². The molecule has 8 nitrogen and oxygen atoms in total. The topological polar surface area (TPSA) is 142 Å². The van der Waals surface area contributed by atoms with Crippen LogP contribution in [0.3, 0.4) is 0 Å². The Labute approximate surface area is 156 Å². The summed E-state index contributed by atoms with van der Waals surface area (Å²) < 4.78 is 9.42. The van der Waals surface area contributed by atoms with E-state index in [-0.39, 0.29) is 31.2 Å². The minimum atomic E-state index is -0.969. The summed E-state index contributed by atoms with van der Waals surface area (Å²) in [4.78, 5) is 32.1.